The van der Waals surface area contributed by atoms with Gasteiger partial charge in [-0.15, -0.1) is 0 Å². The normalized spacial score (nSPS) is 25.2. The molecule has 2 aliphatic rings. The molecule has 27 heavy (non-hydrogen) atoms. The van der Waals surface area contributed by atoms with E-state index in [4.69, 9.17) is 9.15 Å². The van der Waals surface area contributed by atoms with E-state index in [9.17, 15) is 14.4 Å². The second-order valence-electron chi connectivity index (χ2n) is 7.18. The van der Waals surface area contributed by atoms with Crippen molar-refractivity contribution in [3.05, 3.63) is 30.2 Å². The largest absolute Gasteiger partial charge is 0.454 e. The molecule has 8 heteroatoms. The quantitative estimate of drug-likeness (QED) is 0.654. The standard InChI is InChI=1S/C19H21N3O5/c1-12-6-4-5-9-19(12)17(24)22(18(25)21-19)10-16(23)26-11-15-20-13-7-2-3-8-14(13)27-15/h2-3,7-8,12H,4-6,9-11H2,1H3,(H,21,25)/t12-,19-/m1/s1. The minimum absolute atomic E-state index is 0.0449. The Kier molecular flexibility index (Phi) is 4.33. The lowest BCUT2D eigenvalue weighted by molar-refractivity contribution is -0.150. The number of rotatable bonds is 4. The van der Waals surface area contributed by atoms with Crippen molar-refractivity contribution in [2.75, 3.05) is 6.54 Å². The van der Waals surface area contributed by atoms with E-state index < -0.39 is 24.1 Å². The molecule has 2 heterocycles. The molecule has 0 unspecified atom stereocenters. The summed E-state index contributed by atoms with van der Waals surface area (Å²) < 4.78 is 10.6. The molecule has 1 aliphatic heterocycles. The monoisotopic (exact) mass is 371 g/mol. The lowest BCUT2D eigenvalue weighted by atomic mass is 9.73. The van der Waals surface area contributed by atoms with Crippen LogP contribution >= 0.6 is 0 Å². The van der Waals surface area contributed by atoms with Crippen LogP contribution < -0.4 is 5.32 Å². The predicted molar refractivity (Wildman–Crippen MR) is 94.4 cm³/mol. The maximum Gasteiger partial charge on any atom is 0.326 e. The highest BCUT2D eigenvalue weighted by molar-refractivity contribution is 6.08. The number of nitrogens with one attached hydrogen (secondary N) is 1. The Labute approximate surface area is 155 Å². The third kappa shape index (κ3) is 3.05. The molecule has 1 spiro atoms. The molecule has 0 bridgehead atoms. The van der Waals surface area contributed by atoms with Gasteiger partial charge in [-0.25, -0.2) is 9.78 Å². The number of benzene rings is 1. The number of para-hydroxylation sites is 2. The van der Waals surface area contributed by atoms with E-state index >= 15 is 0 Å². The molecule has 8 nitrogen and oxygen atoms in total. The van der Waals surface area contributed by atoms with E-state index in [-0.39, 0.29) is 24.3 Å². The molecule has 3 amide bonds. The first-order chi connectivity index (χ1) is 13.0. The van der Waals surface area contributed by atoms with Gasteiger partial charge in [0, 0.05) is 0 Å². The van der Waals surface area contributed by atoms with E-state index in [2.05, 4.69) is 10.3 Å². The van der Waals surface area contributed by atoms with Gasteiger partial charge in [-0.3, -0.25) is 14.5 Å². The third-order valence-electron chi connectivity index (χ3n) is 5.48. The van der Waals surface area contributed by atoms with Crippen molar-refractivity contribution >= 4 is 29.0 Å². The van der Waals surface area contributed by atoms with Crippen LogP contribution in [0.15, 0.2) is 28.7 Å². The van der Waals surface area contributed by atoms with Crippen LogP contribution in [-0.2, 0) is 20.9 Å². The Morgan fingerprint density at radius 3 is 2.96 bits per heavy atom. The number of aromatic nitrogens is 1. The Morgan fingerprint density at radius 2 is 2.19 bits per heavy atom. The number of nitrogens with zero attached hydrogens (tertiary/aromatic N) is 2. The molecule has 1 aliphatic carbocycles. The second-order valence-corrected chi connectivity index (χ2v) is 7.18. The number of urea groups is 1. The van der Waals surface area contributed by atoms with Crippen LogP contribution in [0.2, 0.25) is 0 Å². The van der Waals surface area contributed by atoms with Gasteiger partial charge in [0.05, 0.1) is 0 Å². The molecular weight excluding hydrogens is 350 g/mol. The van der Waals surface area contributed by atoms with Crippen LogP contribution in [0.3, 0.4) is 0 Å². The molecule has 2 atom stereocenters. The second kappa shape index (κ2) is 6.68. The van der Waals surface area contributed by atoms with Gasteiger partial charge in [-0.05, 0) is 30.9 Å². The Hall–Kier alpha value is -2.90. The number of fused-ring (bicyclic) bond motifs is 1. The van der Waals surface area contributed by atoms with E-state index in [0.29, 0.717) is 17.5 Å². The summed E-state index contributed by atoms with van der Waals surface area (Å²) in [6, 6.07) is 6.68. The molecular formula is C19H21N3O5. The average Bonchev–Trinajstić information content (AvgIpc) is 3.17. The number of carbonyl (C=O) groups excluding carboxylic acids is 3. The molecule has 1 saturated carbocycles. The number of hydrogen-bond acceptors (Lipinski definition) is 6. The van der Waals surface area contributed by atoms with E-state index in [0.717, 1.165) is 24.2 Å². The SMILES string of the molecule is C[C@@H]1CCCC[C@@]12NC(=O)N(CC(=O)OCc1nc3ccccc3o1)C2=O. The minimum atomic E-state index is -0.879. The van der Waals surface area contributed by atoms with Gasteiger partial charge in [0.25, 0.3) is 5.91 Å². The molecule has 1 aromatic heterocycles. The van der Waals surface area contributed by atoms with Gasteiger partial charge < -0.3 is 14.5 Å². The van der Waals surface area contributed by atoms with Gasteiger partial charge in [0.1, 0.15) is 17.6 Å². The molecule has 0 radical (unpaired) electrons. The number of amides is 3. The van der Waals surface area contributed by atoms with Crippen molar-refractivity contribution in [1.82, 2.24) is 15.2 Å². The van der Waals surface area contributed by atoms with Crippen molar-refractivity contribution in [3.8, 4) is 0 Å². The third-order valence-corrected chi connectivity index (χ3v) is 5.48. The van der Waals surface area contributed by atoms with Gasteiger partial charge in [0.2, 0.25) is 5.89 Å². The fourth-order valence-electron chi connectivity index (χ4n) is 3.94. The highest BCUT2D eigenvalue weighted by Crippen LogP contribution is 2.38. The molecule has 142 valence electrons. The smallest absolute Gasteiger partial charge is 0.326 e. The number of imide groups is 1. The molecule has 1 N–H and O–H groups in total. The fourth-order valence-corrected chi connectivity index (χ4v) is 3.94. The van der Waals surface area contributed by atoms with E-state index in [1.54, 1.807) is 12.1 Å². The minimum Gasteiger partial charge on any atom is -0.454 e. The molecule has 1 aromatic carbocycles. The maximum absolute atomic E-state index is 12.8. The zero-order valence-corrected chi connectivity index (χ0v) is 15.1. The summed E-state index contributed by atoms with van der Waals surface area (Å²) in [5.74, 6) is -0.706. The zero-order valence-electron chi connectivity index (χ0n) is 15.1. The van der Waals surface area contributed by atoms with Gasteiger partial charge in [-0.2, -0.15) is 0 Å². The highest BCUT2D eigenvalue weighted by atomic mass is 16.5. The van der Waals surface area contributed by atoms with Gasteiger partial charge >= 0.3 is 12.0 Å². The number of esters is 1. The topological polar surface area (TPSA) is 102 Å². The first kappa shape index (κ1) is 17.5. The number of carbonyl (C=O) groups is 3. The summed E-state index contributed by atoms with van der Waals surface area (Å²) in [6.45, 7) is 1.39. The summed E-state index contributed by atoms with van der Waals surface area (Å²) in [5, 5.41) is 2.81. The van der Waals surface area contributed by atoms with Crippen LogP contribution in [0.4, 0.5) is 4.79 Å². The van der Waals surface area contributed by atoms with Crippen molar-refractivity contribution in [1.29, 1.82) is 0 Å². The van der Waals surface area contributed by atoms with Crippen LogP contribution in [0.25, 0.3) is 11.1 Å². The maximum atomic E-state index is 12.8. The highest BCUT2D eigenvalue weighted by Gasteiger charge is 2.55. The summed E-state index contributed by atoms with van der Waals surface area (Å²) in [7, 11) is 0. The first-order valence-electron chi connectivity index (χ1n) is 9.14. The van der Waals surface area contributed by atoms with Crippen LogP contribution in [-0.4, -0.2) is 39.9 Å². The summed E-state index contributed by atoms with van der Waals surface area (Å²) in [6.07, 6.45) is 3.40. The van der Waals surface area contributed by atoms with Crippen LogP contribution in [0.1, 0.15) is 38.5 Å². The molecule has 4 rings (SSSR count). The molecule has 1 saturated heterocycles. The van der Waals surface area contributed by atoms with Crippen molar-refractivity contribution in [3.63, 3.8) is 0 Å². The number of oxazole rings is 1. The molecule has 2 fully saturated rings. The lowest BCUT2D eigenvalue weighted by Gasteiger charge is -2.36. The average molecular weight is 371 g/mol. The van der Waals surface area contributed by atoms with Crippen LogP contribution in [0.5, 0.6) is 0 Å². The van der Waals surface area contributed by atoms with Gasteiger partial charge in [-0.1, -0.05) is 31.9 Å². The Balaban J connectivity index is 1.39. The first-order valence-corrected chi connectivity index (χ1v) is 9.14. The summed E-state index contributed by atoms with van der Waals surface area (Å²) >= 11 is 0. The molecule has 2 aromatic rings. The van der Waals surface area contributed by atoms with E-state index in [1.807, 2.05) is 19.1 Å². The number of hydrogen-bond donors (Lipinski definition) is 1. The lowest BCUT2D eigenvalue weighted by Crippen LogP contribution is -2.54. The summed E-state index contributed by atoms with van der Waals surface area (Å²) in [5.41, 5.74) is 0.396. The predicted octanol–water partition coefficient (Wildman–Crippen LogP) is 2.37. The summed E-state index contributed by atoms with van der Waals surface area (Å²) in [4.78, 5) is 42.5. The fraction of sp³-hybridized carbons (Fsp3) is 0.474. The van der Waals surface area contributed by atoms with Crippen LogP contribution in [0, 0.1) is 5.92 Å². The van der Waals surface area contributed by atoms with Crippen molar-refractivity contribution in [2.45, 2.75) is 44.8 Å². The van der Waals surface area contributed by atoms with Crippen molar-refractivity contribution < 1.29 is 23.5 Å². The van der Waals surface area contributed by atoms with Gasteiger partial charge in [0.15, 0.2) is 12.2 Å². The Bertz CT molecular complexity index is 875. The Morgan fingerprint density at radius 1 is 1.37 bits per heavy atom. The van der Waals surface area contributed by atoms with E-state index in [1.165, 1.54) is 0 Å². The van der Waals surface area contributed by atoms with Crippen molar-refractivity contribution in [2.24, 2.45) is 5.92 Å². The zero-order chi connectivity index (χ0) is 19.0. The number of ether oxygens (including phenoxy) is 1.